The molecular weight excluding hydrogens is 361 g/mol. The average Bonchev–Trinajstić information content (AvgIpc) is 2.57. The van der Waals surface area contributed by atoms with Crippen LogP contribution < -0.4 is 16.2 Å². The molecule has 134 valence electrons. The van der Waals surface area contributed by atoms with Gasteiger partial charge in [-0.3, -0.25) is 14.4 Å². The zero-order valence-corrected chi connectivity index (χ0v) is 13.6. The smallest absolute Gasteiger partial charge is 0.416 e. The van der Waals surface area contributed by atoms with Crippen LogP contribution in [-0.2, 0) is 11.0 Å². The van der Waals surface area contributed by atoms with Crippen molar-refractivity contribution in [2.45, 2.75) is 6.18 Å². The van der Waals surface area contributed by atoms with E-state index in [4.69, 9.17) is 20.8 Å². The van der Waals surface area contributed by atoms with E-state index in [1.165, 1.54) is 12.1 Å². The molecule has 0 bridgehead atoms. The molecule has 0 aromatic heterocycles. The number of halogens is 3. The van der Waals surface area contributed by atoms with Gasteiger partial charge in [0.05, 0.1) is 5.56 Å². The van der Waals surface area contributed by atoms with E-state index in [1.54, 1.807) is 0 Å². The maximum atomic E-state index is 12.9. The van der Waals surface area contributed by atoms with E-state index in [0.717, 1.165) is 12.1 Å². The van der Waals surface area contributed by atoms with Gasteiger partial charge >= 0.3 is 12.1 Å². The van der Waals surface area contributed by atoms with Crippen molar-refractivity contribution in [1.29, 1.82) is 0 Å². The monoisotopic (exact) mass is 371 g/mol. The molecule has 0 aliphatic rings. The molecule has 0 atom stereocenters. The summed E-state index contributed by atoms with van der Waals surface area (Å²) in [5.74, 6) is -2.90. The van der Waals surface area contributed by atoms with E-state index in [0.29, 0.717) is 12.1 Å². The van der Waals surface area contributed by atoms with Crippen LogP contribution in [0.25, 0.3) is 0 Å². The van der Waals surface area contributed by atoms with Crippen LogP contribution in [-0.4, -0.2) is 45.0 Å². The maximum Gasteiger partial charge on any atom is 0.416 e. The van der Waals surface area contributed by atoms with Gasteiger partial charge in [-0.25, -0.2) is 0 Å². The van der Waals surface area contributed by atoms with E-state index in [2.05, 4.69) is 5.32 Å². The number of carbonyl (C=O) groups is 3. The molecule has 1 amide bonds. The highest BCUT2D eigenvalue weighted by atomic mass is 19.4. The van der Waals surface area contributed by atoms with Gasteiger partial charge in [-0.2, -0.15) is 13.2 Å². The number of benzene rings is 2. The van der Waals surface area contributed by atoms with Crippen LogP contribution in [0.2, 0.25) is 0 Å². The van der Waals surface area contributed by atoms with Crippen molar-refractivity contribution < 1.29 is 32.7 Å². The van der Waals surface area contributed by atoms with Gasteiger partial charge in [0.1, 0.15) is 22.2 Å². The number of hydrogen-bond donors (Lipinski definition) is 2. The average molecular weight is 371 g/mol. The Balaban J connectivity index is 2.41. The molecule has 0 fully saturated rings. The van der Waals surface area contributed by atoms with Gasteiger partial charge < -0.3 is 10.4 Å². The Hall–Kier alpha value is -3.03. The van der Waals surface area contributed by atoms with Crippen molar-refractivity contribution in [2.24, 2.45) is 0 Å². The number of carboxylic acids is 1. The number of alkyl halides is 3. The van der Waals surface area contributed by atoms with Crippen molar-refractivity contribution >= 4 is 44.3 Å². The fourth-order valence-electron chi connectivity index (χ4n) is 2.28. The zero-order valence-electron chi connectivity index (χ0n) is 13.6. The predicted octanol–water partition coefficient (Wildman–Crippen LogP) is 0.338. The fourth-order valence-corrected chi connectivity index (χ4v) is 2.28. The summed E-state index contributed by atoms with van der Waals surface area (Å²) in [6.45, 7) is -0.652. The third-order valence-electron chi connectivity index (χ3n) is 3.42. The van der Waals surface area contributed by atoms with Gasteiger partial charge in [-0.1, -0.05) is 35.2 Å². The molecule has 0 aliphatic heterocycles. The lowest BCUT2D eigenvalue weighted by atomic mass is 9.87. The number of aliphatic carboxylic acids is 1. The van der Waals surface area contributed by atoms with Crippen molar-refractivity contribution in [3.05, 3.63) is 58.7 Å². The summed E-state index contributed by atoms with van der Waals surface area (Å²) in [5, 5.41) is 10.7. The second kappa shape index (κ2) is 7.69. The molecule has 2 rings (SSSR count). The third-order valence-corrected chi connectivity index (χ3v) is 3.42. The van der Waals surface area contributed by atoms with E-state index in [9.17, 15) is 27.6 Å². The van der Waals surface area contributed by atoms with Crippen molar-refractivity contribution in [3.63, 3.8) is 0 Å². The lowest BCUT2D eigenvalue weighted by molar-refractivity contribution is -0.137. The van der Waals surface area contributed by atoms with Crippen LogP contribution in [0.15, 0.2) is 36.4 Å². The number of rotatable bonds is 5. The summed E-state index contributed by atoms with van der Waals surface area (Å²) >= 11 is 0. The first-order valence-corrected chi connectivity index (χ1v) is 7.40. The quantitative estimate of drug-likeness (QED) is 0.587. The Bertz CT molecular complexity index is 929. The standard InChI is InChI=1S/C17H10B2F3NO4/c18-12-3-8(1-10(5-12)16(27)23-7-14(24)25)15(26)9-2-11(17(20,21)22)6-13(19)4-9/h1-6H,7H2,(H,23,27)(H,24,25). The molecule has 4 radical (unpaired) electrons. The van der Waals surface area contributed by atoms with E-state index in [-0.39, 0.29) is 27.6 Å². The van der Waals surface area contributed by atoms with E-state index < -0.39 is 35.9 Å². The number of ketones is 1. The van der Waals surface area contributed by atoms with Crippen molar-refractivity contribution in [1.82, 2.24) is 5.32 Å². The Morgan fingerprint density at radius 3 is 1.96 bits per heavy atom. The zero-order chi connectivity index (χ0) is 20.4. The van der Waals surface area contributed by atoms with Crippen LogP contribution >= 0.6 is 0 Å². The van der Waals surface area contributed by atoms with Crippen LogP contribution in [0.4, 0.5) is 13.2 Å². The number of carboxylic acid groups (broad SMARTS) is 1. The topological polar surface area (TPSA) is 83.5 Å². The van der Waals surface area contributed by atoms with Crippen molar-refractivity contribution in [2.75, 3.05) is 6.54 Å². The molecule has 0 aliphatic carbocycles. The number of carbonyl (C=O) groups excluding carboxylic acids is 2. The molecule has 0 saturated carbocycles. The summed E-state index contributed by atoms with van der Waals surface area (Å²) < 4.78 is 38.7. The summed E-state index contributed by atoms with van der Waals surface area (Å²) in [6, 6.07) is 5.91. The molecule has 0 saturated heterocycles. The lowest BCUT2D eigenvalue weighted by Crippen LogP contribution is -2.30. The Kier molecular flexibility index (Phi) is 5.78. The minimum atomic E-state index is -4.69. The highest BCUT2D eigenvalue weighted by molar-refractivity contribution is 6.34. The molecule has 0 unspecified atom stereocenters. The normalized spacial score (nSPS) is 11.1. The molecule has 2 aromatic rings. The van der Waals surface area contributed by atoms with Crippen molar-refractivity contribution in [3.8, 4) is 0 Å². The molecule has 5 nitrogen and oxygen atoms in total. The van der Waals surface area contributed by atoms with E-state index in [1.807, 2.05) is 0 Å². The highest BCUT2D eigenvalue weighted by Gasteiger charge is 2.31. The minimum Gasteiger partial charge on any atom is -0.480 e. The lowest BCUT2D eigenvalue weighted by Gasteiger charge is -2.11. The molecule has 0 spiro atoms. The Morgan fingerprint density at radius 1 is 0.889 bits per heavy atom. The summed E-state index contributed by atoms with van der Waals surface area (Å²) in [4.78, 5) is 35.0. The first-order chi connectivity index (χ1) is 12.5. The Labute approximate surface area is 154 Å². The van der Waals surface area contributed by atoms with Gasteiger partial charge in [-0.05, 0) is 12.1 Å². The number of nitrogens with one attached hydrogen (secondary N) is 1. The number of hydrogen-bond acceptors (Lipinski definition) is 3. The van der Waals surface area contributed by atoms with Crippen LogP contribution in [0.1, 0.15) is 31.8 Å². The molecule has 2 N–H and O–H groups in total. The Morgan fingerprint density at radius 2 is 1.41 bits per heavy atom. The van der Waals surface area contributed by atoms with Crippen LogP contribution in [0.5, 0.6) is 0 Å². The van der Waals surface area contributed by atoms with Gasteiger partial charge in [0, 0.05) is 16.7 Å². The molecular formula is C17H10B2F3NO4. The first-order valence-electron chi connectivity index (χ1n) is 7.40. The highest BCUT2D eigenvalue weighted by Crippen LogP contribution is 2.29. The van der Waals surface area contributed by atoms with Crippen LogP contribution in [0.3, 0.4) is 0 Å². The molecule has 27 heavy (non-hydrogen) atoms. The van der Waals surface area contributed by atoms with Gasteiger partial charge in [0.15, 0.2) is 5.78 Å². The molecule has 2 aromatic carbocycles. The predicted molar refractivity (Wildman–Crippen MR) is 92.1 cm³/mol. The largest absolute Gasteiger partial charge is 0.480 e. The van der Waals surface area contributed by atoms with Crippen LogP contribution in [0, 0.1) is 0 Å². The summed E-state index contributed by atoms with van der Waals surface area (Å²) in [5.41, 5.74) is -1.93. The van der Waals surface area contributed by atoms with Gasteiger partial charge in [0.25, 0.3) is 5.91 Å². The summed E-state index contributed by atoms with van der Waals surface area (Å²) in [6.07, 6.45) is -4.69. The second-order valence-electron chi connectivity index (χ2n) is 5.59. The third kappa shape index (κ3) is 5.22. The first kappa shape index (κ1) is 20.3. The second-order valence-corrected chi connectivity index (χ2v) is 5.59. The summed E-state index contributed by atoms with van der Waals surface area (Å²) in [7, 11) is 11.1. The molecule has 0 heterocycles. The maximum absolute atomic E-state index is 12.9. The number of amides is 1. The van der Waals surface area contributed by atoms with E-state index >= 15 is 0 Å². The fraction of sp³-hybridized carbons (Fsp3) is 0.118. The van der Waals surface area contributed by atoms with Gasteiger partial charge in [-0.15, -0.1) is 0 Å². The minimum absolute atomic E-state index is 0.00118. The SMILES string of the molecule is [B]c1cc(C(=O)NCC(=O)O)cc(C(=O)c2cc([B])cc(C(F)(F)F)c2)c1. The molecule has 10 heteroatoms. The van der Waals surface area contributed by atoms with Gasteiger partial charge in [0.2, 0.25) is 0 Å².